The zero-order chi connectivity index (χ0) is 11.1. The number of amides is 1. The summed E-state index contributed by atoms with van der Waals surface area (Å²) in [6.07, 6.45) is 0.844. The molecule has 2 unspecified atom stereocenters. The maximum absolute atomic E-state index is 11.6. The molecule has 0 aliphatic heterocycles. The first-order valence-electron chi connectivity index (χ1n) is 4.85. The molecule has 14 heavy (non-hydrogen) atoms. The number of hydrogen-bond acceptors (Lipinski definition) is 3. The third-order valence-corrected chi connectivity index (χ3v) is 1.95. The van der Waals surface area contributed by atoms with Gasteiger partial charge in [0, 0.05) is 13.6 Å². The number of carbonyl (C=O) groups excluding carboxylic acids is 1. The van der Waals surface area contributed by atoms with E-state index in [4.69, 9.17) is 10.4 Å². The Morgan fingerprint density at radius 2 is 2.21 bits per heavy atom. The molecule has 0 aromatic carbocycles. The molecular formula is C10H18N2O2. The summed E-state index contributed by atoms with van der Waals surface area (Å²) >= 11 is 0. The van der Waals surface area contributed by atoms with E-state index >= 15 is 0 Å². The van der Waals surface area contributed by atoms with Gasteiger partial charge in [0.15, 0.2) is 0 Å². The van der Waals surface area contributed by atoms with Crippen LogP contribution in [0.15, 0.2) is 0 Å². The molecule has 0 aromatic rings. The van der Waals surface area contributed by atoms with E-state index in [1.165, 1.54) is 4.90 Å². The van der Waals surface area contributed by atoms with Crippen LogP contribution < -0.4 is 0 Å². The van der Waals surface area contributed by atoms with Crippen molar-refractivity contribution in [1.82, 2.24) is 4.90 Å². The largest absolute Gasteiger partial charge is 0.392 e. The Kier molecular flexibility index (Phi) is 5.89. The lowest BCUT2D eigenvalue weighted by atomic mass is 10.0. The van der Waals surface area contributed by atoms with Crippen LogP contribution in [0.1, 0.15) is 26.7 Å². The summed E-state index contributed by atoms with van der Waals surface area (Å²) in [5.41, 5.74) is 0. The smallest absolute Gasteiger partial charge is 0.239 e. The lowest BCUT2D eigenvalue weighted by Gasteiger charge is -2.21. The van der Waals surface area contributed by atoms with E-state index in [0.717, 1.165) is 6.42 Å². The van der Waals surface area contributed by atoms with Gasteiger partial charge >= 0.3 is 0 Å². The highest BCUT2D eigenvalue weighted by Crippen LogP contribution is 2.08. The summed E-state index contributed by atoms with van der Waals surface area (Å²) in [5, 5.41) is 17.8. The number of nitriles is 1. The Morgan fingerprint density at radius 3 is 2.57 bits per heavy atom. The van der Waals surface area contributed by atoms with Gasteiger partial charge in [0.2, 0.25) is 5.91 Å². The van der Waals surface area contributed by atoms with Gasteiger partial charge in [0.05, 0.1) is 12.2 Å². The third-order valence-electron chi connectivity index (χ3n) is 1.95. The zero-order valence-electron chi connectivity index (χ0n) is 9.03. The Morgan fingerprint density at radius 1 is 1.64 bits per heavy atom. The lowest BCUT2D eigenvalue weighted by molar-refractivity contribution is -0.133. The first-order valence-corrected chi connectivity index (χ1v) is 4.85. The van der Waals surface area contributed by atoms with Crippen molar-refractivity contribution >= 4 is 5.91 Å². The fourth-order valence-electron chi connectivity index (χ4n) is 1.28. The van der Waals surface area contributed by atoms with Gasteiger partial charge in [-0.3, -0.25) is 4.79 Å². The van der Waals surface area contributed by atoms with Crippen LogP contribution >= 0.6 is 0 Å². The highest BCUT2D eigenvalue weighted by Gasteiger charge is 2.21. The van der Waals surface area contributed by atoms with Crippen LogP contribution in [-0.2, 0) is 4.79 Å². The molecule has 0 bridgehead atoms. The second kappa shape index (κ2) is 6.39. The van der Waals surface area contributed by atoms with E-state index < -0.39 is 12.0 Å². The molecule has 0 aromatic heterocycles. The zero-order valence-corrected chi connectivity index (χ0v) is 9.03. The molecule has 4 heteroatoms. The maximum atomic E-state index is 11.6. The van der Waals surface area contributed by atoms with Crippen molar-refractivity contribution in [3.05, 3.63) is 0 Å². The second-order valence-electron chi connectivity index (χ2n) is 3.54. The fourth-order valence-corrected chi connectivity index (χ4v) is 1.28. The average Bonchev–Trinajstić information content (AvgIpc) is 2.12. The number of nitrogens with zero attached hydrogens (tertiary/aromatic N) is 2. The van der Waals surface area contributed by atoms with Crippen LogP contribution in [0.5, 0.6) is 0 Å². The molecule has 0 rings (SSSR count). The molecule has 0 saturated carbocycles. The van der Waals surface area contributed by atoms with E-state index in [9.17, 15) is 4.79 Å². The van der Waals surface area contributed by atoms with Crippen LogP contribution in [-0.4, -0.2) is 35.6 Å². The van der Waals surface area contributed by atoms with E-state index in [2.05, 4.69) is 0 Å². The second-order valence-corrected chi connectivity index (χ2v) is 3.54. The summed E-state index contributed by atoms with van der Waals surface area (Å²) in [6.45, 7) is 3.83. The monoisotopic (exact) mass is 198 g/mol. The van der Waals surface area contributed by atoms with Gasteiger partial charge in [-0.1, -0.05) is 13.3 Å². The standard InChI is InChI=1S/C10H18N2O2/c1-4-5-9(6-11)10(14)12(3)7-8(2)13/h8-9,13H,4-5,7H2,1-3H3. The lowest BCUT2D eigenvalue weighted by Crippen LogP contribution is -2.36. The normalized spacial score (nSPS) is 14.2. The summed E-state index contributed by atoms with van der Waals surface area (Å²) < 4.78 is 0. The minimum atomic E-state index is -0.566. The van der Waals surface area contributed by atoms with Crippen LogP contribution in [0, 0.1) is 17.2 Å². The number of likely N-dealkylation sites (N-methyl/N-ethyl adjacent to an activating group) is 1. The first kappa shape index (κ1) is 12.9. The molecule has 1 N–H and O–H groups in total. The quantitative estimate of drug-likeness (QED) is 0.709. The molecule has 4 nitrogen and oxygen atoms in total. The number of carbonyl (C=O) groups is 1. The molecule has 0 heterocycles. The maximum Gasteiger partial charge on any atom is 0.239 e. The summed E-state index contributed by atoms with van der Waals surface area (Å²) in [7, 11) is 1.61. The molecule has 0 aliphatic rings. The molecular weight excluding hydrogens is 180 g/mol. The highest BCUT2D eigenvalue weighted by atomic mass is 16.3. The summed E-state index contributed by atoms with van der Waals surface area (Å²) in [5.74, 6) is -0.765. The van der Waals surface area contributed by atoms with Gasteiger partial charge in [-0.15, -0.1) is 0 Å². The Balaban J connectivity index is 4.21. The van der Waals surface area contributed by atoms with Crippen LogP contribution in [0.4, 0.5) is 0 Å². The van der Waals surface area contributed by atoms with Crippen molar-refractivity contribution in [3.8, 4) is 6.07 Å². The van der Waals surface area contributed by atoms with Crippen LogP contribution in [0.3, 0.4) is 0 Å². The minimum absolute atomic E-state index is 0.199. The molecule has 0 spiro atoms. The predicted molar refractivity (Wildman–Crippen MR) is 53.3 cm³/mol. The fraction of sp³-hybridized carbons (Fsp3) is 0.800. The minimum Gasteiger partial charge on any atom is -0.392 e. The van der Waals surface area contributed by atoms with Crippen molar-refractivity contribution in [1.29, 1.82) is 5.26 Å². The Bertz CT molecular complexity index is 221. The predicted octanol–water partition coefficient (Wildman–Crippen LogP) is 0.765. The number of hydrogen-bond donors (Lipinski definition) is 1. The third kappa shape index (κ3) is 4.24. The molecule has 0 fully saturated rings. The Labute approximate surface area is 85.1 Å². The van der Waals surface area contributed by atoms with Crippen molar-refractivity contribution in [3.63, 3.8) is 0 Å². The van der Waals surface area contributed by atoms with Crippen molar-refractivity contribution in [2.45, 2.75) is 32.8 Å². The van der Waals surface area contributed by atoms with Crippen LogP contribution in [0.2, 0.25) is 0 Å². The number of aliphatic hydroxyl groups excluding tert-OH is 1. The van der Waals surface area contributed by atoms with Crippen molar-refractivity contribution in [2.24, 2.45) is 5.92 Å². The number of aliphatic hydroxyl groups is 1. The topological polar surface area (TPSA) is 64.3 Å². The van der Waals surface area contributed by atoms with Gasteiger partial charge in [0.1, 0.15) is 5.92 Å². The molecule has 2 atom stereocenters. The molecule has 1 amide bonds. The number of rotatable bonds is 5. The SMILES string of the molecule is CCCC(C#N)C(=O)N(C)CC(C)O. The van der Waals surface area contributed by atoms with E-state index in [1.807, 2.05) is 13.0 Å². The van der Waals surface area contributed by atoms with Crippen LogP contribution in [0.25, 0.3) is 0 Å². The van der Waals surface area contributed by atoms with E-state index in [1.54, 1.807) is 14.0 Å². The average molecular weight is 198 g/mol. The van der Waals surface area contributed by atoms with Crippen molar-refractivity contribution < 1.29 is 9.90 Å². The molecule has 0 saturated heterocycles. The molecule has 0 radical (unpaired) electrons. The van der Waals surface area contributed by atoms with Gasteiger partial charge in [-0.25, -0.2) is 0 Å². The van der Waals surface area contributed by atoms with E-state index in [-0.39, 0.29) is 12.5 Å². The molecule has 0 aliphatic carbocycles. The van der Waals surface area contributed by atoms with Gasteiger partial charge in [0.25, 0.3) is 0 Å². The summed E-state index contributed by atoms with van der Waals surface area (Å²) in [6, 6.07) is 1.98. The van der Waals surface area contributed by atoms with E-state index in [0.29, 0.717) is 6.42 Å². The van der Waals surface area contributed by atoms with Gasteiger partial charge < -0.3 is 10.0 Å². The summed E-state index contributed by atoms with van der Waals surface area (Å²) in [4.78, 5) is 13.0. The van der Waals surface area contributed by atoms with Gasteiger partial charge in [-0.05, 0) is 13.3 Å². The Hall–Kier alpha value is -1.08. The highest BCUT2D eigenvalue weighted by molar-refractivity contribution is 5.80. The first-order chi connectivity index (χ1) is 6.52. The van der Waals surface area contributed by atoms with Gasteiger partial charge in [-0.2, -0.15) is 5.26 Å². The molecule has 80 valence electrons. The van der Waals surface area contributed by atoms with Crippen molar-refractivity contribution in [2.75, 3.05) is 13.6 Å².